The summed E-state index contributed by atoms with van der Waals surface area (Å²) in [5.41, 5.74) is 0.215. The average Bonchev–Trinajstić information content (AvgIpc) is 2.73. The number of benzene rings is 1. The van der Waals surface area contributed by atoms with Gasteiger partial charge in [-0.1, -0.05) is 25.7 Å². The van der Waals surface area contributed by atoms with E-state index < -0.39 is 17.4 Å². The number of anilines is 1. The molecule has 0 saturated heterocycles. The predicted octanol–water partition coefficient (Wildman–Crippen LogP) is 3.22. The van der Waals surface area contributed by atoms with Crippen LogP contribution in [-0.4, -0.2) is 25.6 Å². The molecular formula is C16H22F2N2O2. The van der Waals surface area contributed by atoms with Crippen molar-refractivity contribution in [3.05, 3.63) is 23.8 Å². The van der Waals surface area contributed by atoms with Gasteiger partial charge < -0.3 is 15.4 Å². The van der Waals surface area contributed by atoms with Gasteiger partial charge in [-0.3, -0.25) is 4.79 Å². The topological polar surface area (TPSA) is 50.4 Å². The van der Waals surface area contributed by atoms with Crippen LogP contribution in [0.2, 0.25) is 0 Å². The standard InChI is InChI=1S/C16H22F2N2O2/c1-22-16-13(17)8-12(9-14(16)18)19-10-15(21)20-11-6-4-2-3-5-7-11/h8-9,11,19H,2-7,10H2,1H3,(H,20,21). The third-order valence-corrected chi connectivity index (χ3v) is 3.88. The highest BCUT2D eigenvalue weighted by Gasteiger charge is 2.15. The zero-order valence-electron chi connectivity index (χ0n) is 12.8. The van der Waals surface area contributed by atoms with Gasteiger partial charge in [0.25, 0.3) is 0 Å². The summed E-state index contributed by atoms with van der Waals surface area (Å²) < 4.78 is 31.7. The molecule has 0 heterocycles. The number of carbonyl (C=O) groups is 1. The van der Waals surface area contributed by atoms with Crippen molar-refractivity contribution in [2.75, 3.05) is 19.0 Å². The zero-order chi connectivity index (χ0) is 15.9. The highest BCUT2D eigenvalue weighted by atomic mass is 19.1. The Morgan fingerprint density at radius 2 is 1.77 bits per heavy atom. The minimum atomic E-state index is -0.797. The third kappa shape index (κ3) is 4.58. The second-order valence-electron chi connectivity index (χ2n) is 5.58. The van der Waals surface area contributed by atoms with Gasteiger partial charge in [0.2, 0.25) is 5.91 Å². The quantitative estimate of drug-likeness (QED) is 0.821. The van der Waals surface area contributed by atoms with Crippen molar-refractivity contribution < 1.29 is 18.3 Å². The van der Waals surface area contributed by atoms with Gasteiger partial charge in [-0.2, -0.15) is 0 Å². The molecule has 1 fully saturated rings. The fourth-order valence-corrected chi connectivity index (χ4v) is 2.74. The molecule has 0 radical (unpaired) electrons. The number of hydrogen-bond acceptors (Lipinski definition) is 3. The molecular weight excluding hydrogens is 290 g/mol. The van der Waals surface area contributed by atoms with E-state index in [0.717, 1.165) is 37.8 Å². The Hall–Kier alpha value is -1.85. The van der Waals surface area contributed by atoms with E-state index >= 15 is 0 Å². The molecule has 0 bridgehead atoms. The van der Waals surface area contributed by atoms with Crippen molar-refractivity contribution in [3.8, 4) is 5.75 Å². The molecule has 0 spiro atoms. The maximum Gasteiger partial charge on any atom is 0.239 e. The molecule has 1 amide bonds. The molecule has 0 atom stereocenters. The number of rotatable bonds is 5. The molecule has 1 aliphatic rings. The second-order valence-corrected chi connectivity index (χ2v) is 5.58. The first kappa shape index (κ1) is 16.5. The molecule has 2 rings (SSSR count). The van der Waals surface area contributed by atoms with Crippen molar-refractivity contribution in [1.29, 1.82) is 0 Å². The first-order valence-electron chi connectivity index (χ1n) is 7.66. The second kappa shape index (κ2) is 7.96. The summed E-state index contributed by atoms with van der Waals surface area (Å²) in [7, 11) is 1.20. The average molecular weight is 312 g/mol. The fraction of sp³-hybridized carbons (Fsp3) is 0.562. The van der Waals surface area contributed by atoms with E-state index in [1.165, 1.54) is 20.0 Å². The summed E-state index contributed by atoms with van der Waals surface area (Å²) in [6.45, 7) is -0.0122. The third-order valence-electron chi connectivity index (χ3n) is 3.88. The lowest BCUT2D eigenvalue weighted by atomic mass is 10.1. The van der Waals surface area contributed by atoms with Crippen LogP contribution in [0.4, 0.5) is 14.5 Å². The number of ether oxygens (including phenoxy) is 1. The maximum absolute atomic E-state index is 13.5. The molecule has 2 N–H and O–H groups in total. The molecule has 0 aromatic heterocycles. The first-order chi connectivity index (χ1) is 10.6. The number of nitrogens with one attached hydrogen (secondary N) is 2. The van der Waals surface area contributed by atoms with Crippen LogP contribution in [0.25, 0.3) is 0 Å². The van der Waals surface area contributed by atoms with Crippen molar-refractivity contribution in [2.45, 2.75) is 44.6 Å². The van der Waals surface area contributed by atoms with Gasteiger partial charge in [0.1, 0.15) is 0 Å². The SMILES string of the molecule is COc1c(F)cc(NCC(=O)NC2CCCCCC2)cc1F. The Balaban J connectivity index is 1.85. The normalized spacial score (nSPS) is 16.0. The lowest BCUT2D eigenvalue weighted by molar-refractivity contribution is -0.120. The molecule has 0 aliphatic heterocycles. The molecule has 1 aromatic rings. The molecule has 1 saturated carbocycles. The van der Waals surface area contributed by atoms with E-state index in [2.05, 4.69) is 15.4 Å². The van der Waals surface area contributed by atoms with Gasteiger partial charge in [0.15, 0.2) is 17.4 Å². The Kier molecular flexibility index (Phi) is 5.98. The molecule has 22 heavy (non-hydrogen) atoms. The van der Waals surface area contributed by atoms with Crippen LogP contribution in [0.1, 0.15) is 38.5 Å². The van der Waals surface area contributed by atoms with Crippen LogP contribution < -0.4 is 15.4 Å². The number of amides is 1. The minimum Gasteiger partial charge on any atom is -0.491 e. The van der Waals surface area contributed by atoms with Crippen LogP contribution in [0.15, 0.2) is 12.1 Å². The lowest BCUT2D eigenvalue weighted by Crippen LogP contribution is -2.38. The molecule has 4 nitrogen and oxygen atoms in total. The van der Waals surface area contributed by atoms with Crippen LogP contribution in [0.3, 0.4) is 0 Å². The largest absolute Gasteiger partial charge is 0.491 e. The van der Waals surface area contributed by atoms with E-state index in [9.17, 15) is 13.6 Å². The van der Waals surface area contributed by atoms with E-state index in [0.29, 0.717) is 0 Å². The summed E-state index contributed by atoms with van der Waals surface area (Å²) in [5, 5.41) is 5.70. The molecule has 0 unspecified atom stereocenters. The number of methoxy groups -OCH3 is 1. The van der Waals surface area contributed by atoms with Gasteiger partial charge in [-0.15, -0.1) is 0 Å². The summed E-state index contributed by atoms with van der Waals surface area (Å²) >= 11 is 0. The Labute approximate surface area is 129 Å². The molecule has 6 heteroatoms. The van der Waals surface area contributed by atoms with E-state index in [4.69, 9.17) is 0 Å². The van der Waals surface area contributed by atoms with Gasteiger partial charge >= 0.3 is 0 Å². The number of carbonyl (C=O) groups excluding carboxylic acids is 1. The summed E-state index contributed by atoms with van der Waals surface area (Å²) in [6, 6.07) is 2.43. The fourth-order valence-electron chi connectivity index (χ4n) is 2.74. The highest BCUT2D eigenvalue weighted by Crippen LogP contribution is 2.25. The molecule has 1 aromatic carbocycles. The van der Waals surface area contributed by atoms with Crippen molar-refractivity contribution in [1.82, 2.24) is 5.32 Å². The predicted molar refractivity (Wildman–Crippen MR) is 81.0 cm³/mol. The number of halogens is 2. The van der Waals surface area contributed by atoms with E-state index in [1.54, 1.807) is 0 Å². The monoisotopic (exact) mass is 312 g/mol. The van der Waals surface area contributed by atoms with Crippen LogP contribution in [-0.2, 0) is 4.79 Å². The first-order valence-corrected chi connectivity index (χ1v) is 7.66. The van der Waals surface area contributed by atoms with Gasteiger partial charge in [-0.25, -0.2) is 8.78 Å². The van der Waals surface area contributed by atoms with E-state index in [-0.39, 0.29) is 24.2 Å². The molecule has 1 aliphatic carbocycles. The number of hydrogen-bond donors (Lipinski definition) is 2. The van der Waals surface area contributed by atoms with Crippen molar-refractivity contribution >= 4 is 11.6 Å². The summed E-state index contributed by atoms with van der Waals surface area (Å²) in [6.07, 6.45) is 6.69. The van der Waals surface area contributed by atoms with Crippen molar-refractivity contribution in [2.24, 2.45) is 0 Å². The Morgan fingerprint density at radius 3 is 2.32 bits per heavy atom. The Morgan fingerprint density at radius 1 is 1.18 bits per heavy atom. The zero-order valence-corrected chi connectivity index (χ0v) is 12.8. The summed E-state index contributed by atoms with van der Waals surface area (Å²) in [4.78, 5) is 11.9. The van der Waals surface area contributed by atoms with Gasteiger partial charge in [-0.05, 0) is 12.8 Å². The smallest absolute Gasteiger partial charge is 0.239 e. The van der Waals surface area contributed by atoms with Crippen molar-refractivity contribution in [3.63, 3.8) is 0 Å². The minimum absolute atomic E-state index is 0.0122. The van der Waals surface area contributed by atoms with Gasteiger partial charge in [0, 0.05) is 23.9 Å². The molecule has 122 valence electrons. The van der Waals surface area contributed by atoms with Crippen LogP contribution in [0, 0.1) is 11.6 Å². The summed E-state index contributed by atoms with van der Waals surface area (Å²) in [5.74, 6) is -2.18. The van der Waals surface area contributed by atoms with Gasteiger partial charge in [0.05, 0.1) is 13.7 Å². The lowest BCUT2D eigenvalue weighted by Gasteiger charge is -2.17. The van der Waals surface area contributed by atoms with Crippen LogP contribution >= 0.6 is 0 Å². The maximum atomic E-state index is 13.5. The Bertz CT molecular complexity index is 492. The van der Waals surface area contributed by atoms with E-state index in [1.807, 2.05) is 0 Å². The highest BCUT2D eigenvalue weighted by molar-refractivity contribution is 5.81. The van der Waals surface area contributed by atoms with Crippen LogP contribution in [0.5, 0.6) is 5.75 Å².